The van der Waals surface area contributed by atoms with Crippen LogP contribution in [0.2, 0.25) is 0 Å². The summed E-state index contributed by atoms with van der Waals surface area (Å²) in [4.78, 5) is 14.0. The molecule has 21 heavy (non-hydrogen) atoms. The quantitative estimate of drug-likeness (QED) is 0.721. The summed E-state index contributed by atoms with van der Waals surface area (Å²) in [6.07, 6.45) is 1.65. The summed E-state index contributed by atoms with van der Waals surface area (Å²) >= 11 is 0. The highest BCUT2D eigenvalue weighted by molar-refractivity contribution is 5.73. The van der Waals surface area contributed by atoms with Gasteiger partial charge < -0.3 is 24.5 Å². The molecule has 2 heterocycles. The van der Waals surface area contributed by atoms with Crippen molar-refractivity contribution >= 4 is 6.03 Å². The van der Waals surface area contributed by atoms with E-state index in [1.807, 2.05) is 12.1 Å². The molecule has 0 radical (unpaired) electrons. The number of morpholine rings is 1. The van der Waals surface area contributed by atoms with Gasteiger partial charge >= 0.3 is 6.03 Å². The maximum Gasteiger partial charge on any atom is 0.314 e. The van der Waals surface area contributed by atoms with Gasteiger partial charge in [0.05, 0.1) is 32.1 Å². The van der Waals surface area contributed by atoms with Gasteiger partial charge in [-0.25, -0.2) is 4.79 Å². The summed E-state index contributed by atoms with van der Waals surface area (Å²) in [5, 5.41) is 5.62. The Balaban J connectivity index is 1.86. The fraction of sp³-hybridized carbons (Fsp3) is 0.643. The minimum Gasteiger partial charge on any atom is -0.468 e. The highest BCUT2D eigenvalue weighted by Gasteiger charge is 2.25. The molecular formula is C14H23N3O4. The monoisotopic (exact) mass is 297 g/mol. The average Bonchev–Trinajstić information content (AvgIpc) is 3.03. The van der Waals surface area contributed by atoms with E-state index in [0.717, 1.165) is 18.8 Å². The molecule has 2 amide bonds. The van der Waals surface area contributed by atoms with Gasteiger partial charge in [-0.15, -0.1) is 0 Å². The number of methoxy groups -OCH3 is 1. The highest BCUT2D eigenvalue weighted by atomic mass is 16.5. The fourth-order valence-electron chi connectivity index (χ4n) is 2.30. The molecule has 7 heteroatoms. The third-order valence-corrected chi connectivity index (χ3v) is 3.41. The normalized spacial score (nSPS) is 17.4. The second-order valence-electron chi connectivity index (χ2n) is 4.81. The summed E-state index contributed by atoms with van der Waals surface area (Å²) in [5.41, 5.74) is 0. The van der Waals surface area contributed by atoms with Crippen LogP contribution < -0.4 is 10.6 Å². The van der Waals surface area contributed by atoms with Crippen LogP contribution in [-0.2, 0) is 9.47 Å². The van der Waals surface area contributed by atoms with Crippen LogP contribution >= 0.6 is 0 Å². The summed E-state index contributed by atoms with van der Waals surface area (Å²) in [6, 6.07) is 3.63. The Labute approximate surface area is 124 Å². The Morgan fingerprint density at radius 1 is 1.43 bits per heavy atom. The molecule has 1 aliphatic heterocycles. The number of furan rings is 1. The van der Waals surface area contributed by atoms with E-state index in [4.69, 9.17) is 13.9 Å². The van der Waals surface area contributed by atoms with Crippen LogP contribution in [0.5, 0.6) is 0 Å². The maximum absolute atomic E-state index is 11.7. The Hall–Kier alpha value is -1.57. The first kappa shape index (κ1) is 15.8. The fourth-order valence-corrected chi connectivity index (χ4v) is 2.30. The van der Waals surface area contributed by atoms with Gasteiger partial charge in [0.15, 0.2) is 0 Å². The lowest BCUT2D eigenvalue weighted by Gasteiger charge is -2.33. The van der Waals surface area contributed by atoms with E-state index in [0.29, 0.717) is 32.9 Å². The van der Waals surface area contributed by atoms with Crippen LogP contribution in [0.15, 0.2) is 22.8 Å². The Kier molecular flexibility index (Phi) is 6.52. The summed E-state index contributed by atoms with van der Waals surface area (Å²) in [7, 11) is 1.60. The van der Waals surface area contributed by atoms with E-state index in [1.54, 1.807) is 13.4 Å². The number of nitrogens with zero attached hydrogens (tertiary/aromatic N) is 1. The number of carbonyl (C=O) groups excluding carboxylic acids is 1. The minimum atomic E-state index is -0.197. The van der Waals surface area contributed by atoms with E-state index in [1.165, 1.54) is 0 Å². The molecule has 0 bridgehead atoms. The Morgan fingerprint density at radius 3 is 2.90 bits per heavy atom. The summed E-state index contributed by atoms with van der Waals surface area (Å²) in [6.45, 7) is 4.56. The molecule has 7 nitrogen and oxygen atoms in total. The third kappa shape index (κ3) is 5.04. The Morgan fingerprint density at radius 2 is 2.24 bits per heavy atom. The molecular weight excluding hydrogens is 274 g/mol. The lowest BCUT2D eigenvalue weighted by molar-refractivity contribution is 0.0123. The molecule has 2 rings (SSSR count). The van der Waals surface area contributed by atoms with Gasteiger partial charge in [-0.3, -0.25) is 4.90 Å². The first-order valence-corrected chi connectivity index (χ1v) is 7.17. The molecule has 1 unspecified atom stereocenters. The molecule has 1 aliphatic rings. The van der Waals surface area contributed by atoms with Crippen molar-refractivity contribution < 1.29 is 18.7 Å². The number of carbonyl (C=O) groups is 1. The smallest absolute Gasteiger partial charge is 0.314 e. The second kappa shape index (κ2) is 8.66. The van der Waals surface area contributed by atoms with Gasteiger partial charge in [-0.05, 0) is 12.1 Å². The number of nitrogens with one attached hydrogen (secondary N) is 2. The number of amides is 2. The SMILES string of the molecule is COCCNC(=O)NCC(c1ccco1)N1CCOCC1. The van der Waals surface area contributed by atoms with Crippen LogP contribution in [0.4, 0.5) is 4.79 Å². The molecule has 2 N–H and O–H groups in total. The van der Waals surface area contributed by atoms with Crippen molar-refractivity contribution in [1.29, 1.82) is 0 Å². The number of ether oxygens (including phenoxy) is 2. The van der Waals surface area contributed by atoms with E-state index >= 15 is 0 Å². The van der Waals surface area contributed by atoms with Crippen molar-refractivity contribution in [2.75, 3.05) is 53.1 Å². The molecule has 118 valence electrons. The molecule has 1 aromatic rings. The molecule has 1 fully saturated rings. The molecule has 0 aliphatic carbocycles. The van der Waals surface area contributed by atoms with Crippen LogP contribution in [0, 0.1) is 0 Å². The van der Waals surface area contributed by atoms with Crippen LogP contribution in [0.3, 0.4) is 0 Å². The summed E-state index contributed by atoms with van der Waals surface area (Å²) in [5.74, 6) is 0.856. The number of hydrogen-bond acceptors (Lipinski definition) is 5. The van der Waals surface area contributed by atoms with Crippen molar-refractivity contribution in [3.63, 3.8) is 0 Å². The van der Waals surface area contributed by atoms with Gasteiger partial charge in [0.1, 0.15) is 5.76 Å². The van der Waals surface area contributed by atoms with Gasteiger partial charge in [-0.2, -0.15) is 0 Å². The van der Waals surface area contributed by atoms with Crippen molar-refractivity contribution in [2.45, 2.75) is 6.04 Å². The zero-order chi connectivity index (χ0) is 14.9. The lowest BCUT2D eigenvalue weighted by Crippen LogP contribution is -2.46. The summed E-state index contributed by atoms with van der Waals surface area (Å²) < 4.78 is 15.8. The van der Waals surface area contributed by atoms with E-state index < -0.39 is 0 Å². The van der Waals surface area contributed by atoms with Crippen LogP contribution in [-0.4, -0.2) is 64.0 Å². The minimum absolute atomic E-state index is 0.0251. The largest absolute Gasteiger partial charge is 0.468 e. The zero-order valence-electron chi connectivity index (χ0n) is 12.3. The van der Waals surface area contributed by atoms with Gasteiger partial charge in [0.2, 0.25) is 0 Å². The standard InChI is InChI=1S/C14H23N3O4/c1-19-8-4-15-14(18)16-11-12(13-3-2-7-21-13)17-5-9-20-10-6-17/h2-3,7,12H,4-6,8-11H2,1H3,(H2,15,16,18). The average molecular weight is 297 g/mol. The second-order valence-corrected chi connectivity index (χ2v) is 4.81. The van der Waals surface area contributed by atoms with Gasteiger partial charge in [-0.1, -0.05) is 0 Å². The van der Waals surface area contributed by atoms with Crippen LogP contribution in [0.25, 0.3) is 0 Å². The van der Waals surface area contributed by atoms with E-state index in [-0.39, 0.29) is 12.1 Å². The lowest BCUT2D eigenvalue weighted by atomic mass is 10.1. The highest BCUT2D eigenvalue weighted by Crippen LogP contribution is 2.21. The number of hydrogen-bond donors (Lipinski definition) is 2. The van der Waals surface area contributed by atoms with Gasteiger partial charge in [0.25, 0.3) is 0 Å². The predicted molar refractivity (Wildman–Crippen MR) is 77.1 cm³/mol. The van der Waals surface area contributed by atoms with E-state index in [2.05, 4.69) is 15.5 Å². The van der Waals surface area contributed by atoms with E-state index in [9.17, 15) is 4.79 Å². The zero-order valence-corrected chi connectivity index (χ0v) is 12.3. The number of rotatable bonds is 7. The van der Waals surface area contributed by atoms with Crippen molar-refractivity contribution in [3.8, 4) is 0 Å². The number of urea groups is 1. The molecule has 1 saturated heterocycles. The van der Waals surface area contributed by atoms with Gasteiger partial charge in [0, 0.05) is 33.3 Å². The molecule has 0 spiro atoms. The molecule has 0 aromatic carbocycles. The molecule has 1 aromatic heterocycles. The predicted octanol–water partition coefficient (Wildman–Crippen LogP) is 0.599. The van der Waals surface area contributed by atoms with Crippen molar-refractivity contribution in [1.82, 2.24) is 15.5 Å². The van der Waals surface area contributed by atoms with Crippen molar-refractivity contribution in [2.24, 2.45) is 0 Å². The Bertz CT molecular complexity index is 404. The van der Waals surface area contributed by atoms with Crippen LogP contribution in [0.1, 0.15) is 11.8 Å². The molecule has 1 atom stereocenters. The van der Waals surface area contributed by atoms with Crippen molar-refractivity contribution in [3.05, 3.63) is 24.2 Å². The first-order valence-electron chi connectivity index (χ1n) is 7.17. The topological polar surface area (TPSA) is 76.0 Å². The third-order valence-electron chi connectivity index (χ3n) is 3.41. The molecule has 0 saturated carbocycles. The first-order chi connectivity index (χ1) is 10.3. The maximum atomic E-state index is 11.7.